The SMILES string of the molecule is CC[C@H]1Oc2cc([C@@H](C)NCc3ccncc3Cl)ccc2NC1=O. The predicted octanol–water partition coefficient (Wildman–Crippen LogP) is 3.70. The van der Waals surface area contributed by atoms with E-state index in [2.05, 4.69) is 22.5 Å². The summed E-state index contributed by atoms with van der Waals surface area (Å²) < 4.78 is 5.80. The van der Waals surface area contributed by atoms with Gasteiger partial charge in [0.15, 0.2) is 6.10 Å². The summed E-state index contributed by atoms with van der Waals surface area (Å²) >= 11 is 6.13. The maximum Gasteiger partial charge on any atom is 0.265 e. The molecular formula is C18H20ClN3O2. The molecule has 1 aromatic carbocycles. The number of hydrogen-bond acceptors (Lipinski definition) is 4. The van der Waals surface area contributed by atoms with Crippen LogP contribution in [0.25, 0.3) is 0 Å². The molecule has 6 heteroatoms. The first-order chi connectivity index (χ1) is 11.6. The molecule has 2 atom stereocenters. The highest BCUT2D eigenvalue weighted by Gasteiger charge is 2.26. The Bertz CT molecular complexity index is 751. The second-order valence-electron chi connectivity index (χ2n) is 5.83. The molecule has 0 saturated carbocycles. The van der Waals surface area contributed by atoms with Gasteiger partial charge < -0.3 is 15.4 Å². The number of rotatable bonds is 5. The molecule has 24 heavy (non-hydrogen) atoms. The van der Waals surface area contributed by atoms with Crippen molar-refractivity contribution in [3.63, 3.8) is 0 Å². The second-order valence-corrected chi connectivity index (χ2v) is 6.24. The molecule has 1 aromatic heterocycles. The lowest BCUT2D eigenvalue weighted by molar-refractivity contribution is -0.123. The Morgan fingerprint density at radius 1 is 1.42 bits per heavy atom. The first-order valence-electron chi connectivity index (χ1n) is 8.01. The number of benzene rings is 1. The Balaban J connectivity index is 1.71. The van der Waals surface area contributed by atoms with Crippen LogP contribution in [0.1, 0.15) is 37.4 Å². The Hall–Kier alpha value is -2.11. The molecule has 0 spiro atoms. The van der Waals surface area contributed by atoms with E-state index < -0.39 is 6.10 Å². The topological polar surface area (TPSA) is 63.2 Å². The Morgan fingerprint density at radius 3 is 3.00 bits per heavy atom. The standard InChI is InChI=1S/C18H20ClN3O2/c1-3-16-18(23)22-15-5-4-12(8-17(15)24-16)11(2)21-9-13-6-7-20-10-14(13)19/h4-8,10-11,16,21H,3,9H2,1-2H3,(H,22,23)/t11-,16-/m1/s1. The zero-order valence-corrected chi connectivity index (χ0v) is 14.4. The predicted molar refractivity (Wildman–Crippen MR) is 94.3 cm³/mol. The van der Waals surface area contributed by atoms with Gasteiger partial charge >= 0.3 is 0 Å². The van der Waals surface area contributed by atoms with Gasteiger partial charge in [0, 0.05) is 25.0 Å². The highest BCUT2D eigenvalue weighted by molar-refractivity contribution is 6.31. The summed E-state index contributed by atoms with van der Waals surface area (Å²) in [5, 5.41) is 6.98. The fraction of sp³-hybridized carbons (Fsp3) is 0.333. The van der Waals surface area contributed by atoms with E-state index in [0.717, 1.165) is 22.6 Å². The molecule has 0 saturated heterocycles. The summed E-state index contributed by atoms with van der Waals surface area (Å²) in [6.45, 7) is 4.66. The van der Waals surface area contributed by atoms with Gasteiger partial charge in [-0.1, -0.05) is 24.6 Å². The van der Waals surface area contributed by atoms with Crippen LogP contribution in [0.4, 0.5) is 5.69 Å². The molecule has 0 radical (unpaired) electrons. The molecule has 2 aromatic rings. The Labute approximate surface area is 146 Å². The molecule has 3 rings (SSSR count). The van der Waals surface area contributed by atoms with Crippen molar-refractivity contribution in [1.29, 1.82) is 0 Å². The number of aromatic nitrogens is 1. The number of anilines is 1. The van der Waals surface area contributed by atoms with E-state index in [9.17, 15) is 4.79 Å². The van der Waals surface area contributed by atoms with E-state index in [4.69, 9.17) is 16.3 Å². The lowest BCUT2D eigenvalue weighted by atomic mass is 10.1. The molecule has 0 fully saturated rings. The van der Waals surface area contributed by atoms with Crippen LogP contribution in [-0.4, -0.2) is 17.0 Å². The van der Waals surface area contributed by atoms with Crippen molar-refractivity contribution in [3.05, 3.63) is 52.8 Å². The molecule has 0 bridgehead atoms. The quantitative estimate of drug-likeness (QED) is 0.867. The summed E-state index contributed by atoms with van der Waals surface area (Å²) in [5.41, 5.74) is 2.81. The number of carbonyl (C=O) groups is 1. The number of nitrogens with one attached hydrogen (secondary N) is 2. The minimum absolute atomic E-state index is 0.0868. The number of nitrogens with zero attached hydrogens (tertiary/aromatic N) is 1. The van der Waals surface area contributed by atoms with Crippen LogP contribution < -0.4 is 15.4 Å². The van der Waals surface area contributed by atoms with E-state index in [-0.39, 0.29) is 11.9 Å². The summed E-state index contributed by atoms with van der Waals surface area (Å²) in [6.07, 6.45) is 3.59. The fourth-order valence-electron chi connectivity index (χ4n) is 2.63. The molecular weight excluding hydrogens is 326 g/mol. The van der Waals surface area contributed by atoms with Gasteiger partial charge in [-0.05, 0) is 42.7 Å². The number of fused-ring (bicyclic) bond motifs is 1. The van der Waals surface area contributed by atoms with Crippen molar-refractivity contribution in [3.8, 4) is 5.75 Å². The number of pyridine rings is 1. The third-order valence-corrected chi connectivity index (χ3v) is 4.49. The third-order valence-electron chi connectivity index (χ3n) is 4.15. The lowest BCUT2D eigenvalue weighted by Crippen LogP contribution is -2.36. The molecule has 126 valence electrons. The molecule has 5 nitrogen and oxygen atoms in total. The molecule has 1 amide bonds. The van der Waals surface area contributed by atoms with E-state index in [0.29, 0.717) is 18.0 Å². The lowest BCUT2D eigenvalue weighted by Gasteiger charge is -2.26. The van der Waals surface area contributed by atoms with Crippen LogP contribution >= 0.6 is 11.6 Å². The van der Waals surface area contributed by atoms with Crippen LogP contribution in [0.2, 0.25) is 5.02 Å². The van der Waals surface area contributed by atoms with Gasteiger partial charge in [0.05, 0.1) is 10.7 Å². The summed E-state index contributed by atoms with van der Waals surface area (Å²) in [6, 6.07) is 7.86. The summed E-state index contributed by atoms with van der Waals surface area (Å²) in [7, 11) is 0. The van der Waals surface area contributed by atoms with Crippen molar-refractivity contribution in [1.82, 2.24) is 10.3 Å². The van der Waals surface area contributed by atoms with Gasteiger partial charge in [0.2, 0.25) is 0 Å². The van der Waals surface area contributed by atoms with E-state index in [1.165, 1.54) is 0 Å². The largest absolute Gasteiger partial charge is 0.478 e. The number of amides is 1. The van der Waals surface area contributed by atoms with Crippen molar-refractivity contribution in [2.24, 2.45) is 0 Å². The maximum absolute atomic E-state index is 11.8. The summed E-state index contributed by atoms with van der Waals surface area (Å²) in [5.74, 6) is 0.630. The van der Waals surface area contributed by atoms with Crippen LogP contribution in [0.3, 0.4) is 0 Å². The van der Waals surface area contributed by atoms with Crippen molar-refractivity contribution in [2.75, 3.05) is 5.32 Å². The minimum atomic E-state index is -0.424. The van der Waals surface area contributed by atoms with Gasteiger partial charge in [-0.15, -0.1) is 0 Å². The van der Waals surface area contributed by atoms with Crippen LogP contribution in [0.15, 0.2) is 36.7 Å². The highest BCUT2D eigenvalue weighted by Crippen LogP contribution is 2.33. The monoisotopic (exact) mass is 345 g/mol. The minimum Gasteiger partial charge on any atom is -0.478 e. The van der Waals surface area contributed by atoms with Crippen molar-refractivity contribution < 1.29 is 9.53 Å². The van der Waals surface area contributed by atoms with Gasteiger partial charge in [-0.2, -0.15) is 0 Å². The third kappa shape index (κ3) is 3.52. The average molecular weight is 346 g/mol. The number of halogens is 1. The summed E-state index contributed by atoms with van der Waals surface area (Å²) in [4.78, 5) is 15.8. The number of carbonyl (C=O) groups excluding carboxylic acids is 1. The zero-order chi connectivity index (χ0) is 17.1. The van der Waals surface area contributed by atoms with Crippen LogP contribution in [0.5, 0.6) is 5.75 Å². The molecule has 0 aliphatic carbocycles. The Kier molecular flexibility index (Phi) is 5.02. The number of hydrogen-bond donors (Lipinski definition) is 2. The highest BCUT2D eigenvalue weighted by atomic mass is 35.5. The first-order valence-corrected chi connectivity index (χ1v) is 8.39. The second kappa shape index (κ2) is 7.20. The van der Waals surface area contributed by atoms with E-state index in [1.54, 1.807) is 12.4 Å². The first kappa shape index (κ1) is 16.7. The van der Waals surface area contributed by atoms with Gasteiger partial charge in [0.1, 0.15) is 5.75 Å². The van der Waals surface area contributed by atoms with Crippen LogP contribution in [-0.2, 0) is 11.3 Å². The normalized spacial score (nSPS) is 17.6. The molecule has 0 unspecified atom stereocenters. The van der Waals surface area contributed by atoms with Crippen molar-refractivity contribution in [2.45, 2.75) is 39.0 Å². The maximum atomic E-state index is 11.8. The van der Waals surface area contributed by atoms with Gasteiger partial charge in [0.25, 0.3) is 5.91 Å². The molecule has 2 N–H and O–H groups in total. The number of ether oxygens (including phenoxy) is 1. The smallest absolute Gasteiger partial charge is 0.265 e. The van der Waals surface area contributed by atoms with Crippen LogP contribution in [0, 0.1) is 0 Å². The van der Waals surface area contributed by atoms with Gasteiger partial charge in [-0.3, -0.25) is 9.78 Å². The zero-order valence-electron chi connectivity index (χ0n) is 13.7. The average Bonchev–Trinajstić information content (AvgIpc) is 2.59. The molecule has 1 aliphatic heterocycles. The fourth-order valence-corrected chi connectivity index (χ4v) is 2.81. The van der Waals surface area contributed by atoms with E-state index >= 15 is 0 Å². The van der Waals surface area contributed by atoms with Crippen molar-refractivity contribution >= 4 is 23.2 Å². The van der Waals surface area contributed by atoms with Gasteiger partial charge in [-0.25, -0.2) is 0 Å². The van der Waals surface area contributed by atoms with E-state index in [1.807, 2.05) is 31.2 Å². The molecule has 1 aliphatic rings. The molecule has 2 heterocycles. The Morgan fingerprint density at radius 2 is 2.25 bits per heavy atom.